The second-order valence-electron chi connectivity index (χ2n) is 10.3. The van der Waals surface area contributed by atoms with Crippen LogP contribution < -0.4 is 10.6 Å². The number of nitrogens with one attached hydrogen (secondary N) is 2. The summed E-state index contributed by atoms with van der Waals surface area (Å²) < 4.78 is 0. The molecule has 4 heterocycles. The lowest BCUT2D eigenvalue weighted by molar-refractivity contribution is -0.137. The van der Waals surface area contributed by atoms with Crippen LogP contribution in [0.25, 0.3) is 0 Å². The van der Waals surface area contributed by atoms with Gasteiger partial charge in [0.1, 0.15) is 11.0 Å². The summed E-state index contributed by atoms with van der Waals surface area (Å²) in [5.74, 6) is -1.25. The molecule has 0 bridgehead atoms. The molecule has 0 aliphatic carbocycles. The van der Waals surface area contributed by atoms with Crippen LogP contribution in [0.4, 0.5) is 11.4 Å². The summed E-state index contributed by atoms with van der Waals surface area (Å²) in [5.41, 5.74) is 1.94. The molecule has 6 nitrogen and oxygen atoms in total. The lowest BCUT2D eigenvalue weighted by Crippen LogP contribution is -2.62. The van der Waals surface area contributed by atoms with E-state index in [4.69, 9.17) is 0 Å². The molecule has 36 heavy (non-hydrogen) atoms. The van der Waals surface area contributed by atoms with Gasteiger partial charge in [0, 0.05) is 28.5 Å². The van der Waals surface area contributed by atoms with Gasteiger partial charge in [-0.05, 0) is 43.0 Å². The molecular formula is C30H27N3O3. The molecule has 0 saturated carbocycles. The third kappa shape index (κ3) is 2.29. The van der Waals surface area contributed by atoms with Gasteiger partial charge in [0.15, 0.2) is 5.78 Å². The quantitative estimate of drug-likeness (QED) is 0.553. The Morgan fingerprint density at radius 1 is 0.917 bits per heavy atom. The van der Waals surface area contributed by atoms with Gasteiger partial charge in [0.2, 0.25) is 5.91 Å². The monoisotopic (exact) mass is 477 g/mol. The number of fused-ring (bicyclic) bond motifs is 7. The number of anilines is 2. The predicted octanol–water partition coefficient (Wildman–Crippen LogP) is 4.26. The largest absolute Gasteiger partial charge is 0.325 e. The van der Waals surface area contributed by atoms with E-state index < -0.39 is 16.9 Å². The van der Waals surface area contributed by atoms with Crippen LogP contribution in [-0.4, -0.2) is 35.1 Å². The van der Waals surface area contributed by atoms with Crippen molar-refractivity contribution < 1.29 is 14.4 Å². The minimum Gasteiger partial charge on any atom is -0.325 e. The van der Waals surface area contributed by atoms with E-state index in [2.05, 4.69) is 22.5 Å². The average molecular weight is 478 g/mol. The standard InChI is InChI=1S/C30H27N3O3/c1-2-18-12-8-14-21-25(18)32-28(36)30(21)29(20-13-6-7-15-22(20)31-27(29)35)24(23-16-9-17-33(23)30)26(34)19-10-4-3-5-11-19/h3-8,10-15,23-24H,2,9,16-17H2,1H3,(H,31,35)(H,32,36)/t23-,24-,29-,30+/m1/s1. The first-order valence-corrected chi connectivity index (χ1v) is 12.8. The maximum absolute atomic E-state index is 14.4. The number of hydrogen-bond donors (Lipinski definition) is 2. The first-order valence-electron chi connectivity index (χ1n) is 12.8. The minimum atomic E-state index is -1.39. The zero-order valence-corrected chi connectivity index (χ0v) is 20.1. The zero-order chi connectivity index (χ0) is 24.7. The number of benzene rings is 3. The molecule has 2 amide bonds. The third-order valence-corrected chi connectivity index (χ3v) is 8.94. The number of nitrogens with zero attached hydrogens (tertiary/aromatic N) is 1. The summed E-state index contributed by atoms with van der Waals surface area (Å²) in [7, 11) is 0. The lowest BCUT2D eigenvalue weighted by Gasteiger charge is -2.43. The normalized spacial score (nSPS) is 29.8. The molecule has 6 heteroatoms. The molecule has 7 rings (SSSR count). The van der Waals surface area contributed by atoms with Gasteiger partial charge in [-0.25, -0.2) is 0 Å². The third-order valence-electron chi connectivity index (χ3n) is 8.94. The van der Waals surface area contributed by atoms with E-state index in [1.54, 1.807) is 0 Å². The Kier molecular flexibility index (Phi) is 4.40. The number of hydrogen-bond acceptors (Lipinski definition) is 4. The van der Waals surface area contributed by atoms with Crippen LogP contribution in [0.2, 0.25) is 0 Å². The summed E-state index contributed by atoms with van der Waals surface area (Å²) in [6.45, 7) is 2.72. The number of ketones is 1. The molecule has 0 radical (unpaired) electrons. The summed E-state index contributed by atoms with van der Waals surface area (Å²) in [4.78, 5) is 45.5. The summed E-state index contributed by atoms with van der Waals surface area (Å²) in [6.07, 6.45) is 2.39. The smallest absolute Gasteiger partial charge is 0.251 e. The molecule has 180 valence electrons. The second-order valence-corrected chi connectivity index (χ2v) is 10.3. The molecule has 3 aromatic rings. The Hall–Kier alpha value is -3.77. The van der Waals surface area contributed by atoms with Crippen LogP contribution in [0, 0.1) is 5.92 Å². The lowest BCUT2D eigenvalue weighted by atomic mass is 9.57. The fourth-order valence-corrected chi connectivity index (χ4v) is 7.74. The minimum absolute atomic E-state index is 0.0795. The van der Waals surface area contributed by atoms with E-state index in [0.29, 0.717) is 17.8 Å². The highest BCUT2D eigenvalue weighted by molar-refractivity contribution is 6.21. The Bertz CT molecular complexity index is 1450. The van der Waals surface area contributed by atoms with Crippen molar-refractivity contribution in [2.45, 2.75) is 43.2 Å². The molecule has 4 aliphatic heterocycles. The van der Waals surface area contributed by atoms with Crippen LogP contribution in [0.5, 0.6) is 0 Å². The van der Waals surface area contributed by atoms with E-state index in [1.165, 1.54) is 0 Å². The number of aryl methyl sites for hydroxylation is 1. The first kappa shape index (κ1) is 21.5. The van der Waals surface area contributed by atoms with Gasteiger partial charge in [0.25, 0.3) is 5.91 Å². The van der Waals surface area contributed by atoms with Crippen molar-refractivity contribution >= 4 is 29.0 Å². The summed E-state index contributed by atoms with van der Waals surface area (Å²) >= 11 is 0. The van der Waals surface area contributed by atoms with E-state index in [-0.39, 0.29) is 23.6 Å². The van der Waals surface area contributed by atoms with Crippen LogP contribution in [0.15, 0.2) is 72.8 Å². The fraction of sp³-hybridized carbons (Fsp3) is 0.300. The molecule has 4 aliphatic rings. The highest BCUT2D eigenvalue weighted by atomic mass is 16.2. The Morgan fingerprint density at radius 3 is 2.47 bits per heavy atom. The molecule has 3 aromatic carbocycles. The Morgan fingerprint density at radius 2 is 1.67 bits per heavy atom. The maximum Gasteiger partial charge on any atom is 0.251 e. The fourth-order valence-electron chi connectivity index (χ4n) is 7.74. The van der Waals surface area contributed by atoms with Crippen molar-refractivity contribution in [2.75, 3.05) is 17.2 Å². The molecule has 4 atom stereocenters. The van der Waals surface area contributed by atoms with Gasteiger partial charge in [-0.2, -0.15) is 0 Å². The first-order chi connectivity index (χ1) is 17.6. The zero-order valence-electron chi connectivity index (χ0n) is 20.1. The number of rotatable bonds is 3. The van der Waals surface area contributed by atoms with Gasteiger partial charge in [-0.3, -0.25) is 19.3 Å². The van der Waals surface area contributed by atoms with E-state index in [0.717, 1.165) is 41.6 Å². The van der Waals surface area contributed by atoms with Crippen molar-refractivity contribution in [3.63, 3.8) is 0 Å². The highest BCUT2D eigenvalue weighted by Gasteiger charge is 2.81. The van der Waals surface area contributed by atoms with E-state index in [1.807, 2.05) is 72.8 Å². The van der Waals surface area contributed by atoms with Gasteiger partial charge in [0.05, 0.1) is 5.92 Å². The molecule has 0 unspecified atom stereocenters. The number of carbonyl (C=O) groups excluding carboxylic acids is 3. The Balaban J connectivity index is 1.60. The van der Waals surface area contributed by atoms with Crippen LogP contribution >= 0.6 is 0 Å². The number of Topliss-reactive ketones (excluding diaryl/α,β-unsaturated/α-hetero) is 1. The average Bonchev–Trinajstić information content (AvgIpc) is 3.62. The molecule has 0 aromatic heterocycles. The summed E-state index contributed by atoms with van der Waals surface area (Å²) in [5, 5.41) is 6.28. The van der Waals surface area contributed by atoms with Gasteiger partial charge in [-0.1, -0.05) is 73.7 Å². The topological polar surface area (TPSA) is 78.5 Å². The Labute approximate surface area is 209 Å². The van der Waals surface area contributed by atoms with Crippen molar-refractivity contribution in [1.82, 2.24) is 4.90 Å². The molecule has 2 N–H and O–H groups in total. The van der Waals surface area contributed by atoms with Crippen molar-refractivity contribution in [2.24, 2.45) is 5.92 Å². The maximum atomic E-state index is 14.4. The molecule has 2 fully saturated rings. The van der Waals surface area contributed by atoms with Gasteiger partial charge >= 0.3 is 0 Å². The van der Waals surface area contributed by atoms with Crippen molar-refractivity contribution in [3.05, 3.63) is 95.1 Å². The number of carbonyl (C=O) groups is 3. The second kappa shape index (κ2) is 7.37. The van der Waals surface area contributed by atoms with Crippen molar-refractivity contribution in [1.29, 1.82) is 0 Å². The van der Waals surface area contributed by atoms with Gasteiger partial charge < -0.3 is 10.6 Å². The van der Waals surface area contributed by atoms with Gasteiger partial charge in [-0.15, -0.1) is 0 Å². The van der Waals surface area contributed by atoms with Crippen LogP contribution in [0.1, 0.15) is 46.8 Å². The molecule has 2 spiro atoms. The SMILES string of the molecule is CCc1cccc2c1NC(=O)[C@@]21N2CCC[C@@H]2[C@H](C(=O)c2ccccc2)[C@]12C(=O)Nc1ccccc12. The van der Waals surface area contributed by atoms with Crippen LogP contribution in [-0.2, 0) is 27.0 Å². The summed E-state index contributed by atoms with van der Waals surface area (Å²) in [6, 6.07) is 22.6. The highest BCUT2D eigenvalue weighted by Crippen LogP contribution is 2.68. The van der Waals surface area contributed by atoms with Crippen molar-refractivity contribution in [3.8, 4) is 0 Å². The number of amides is 2. The predicted molar refractivity (Wildman–Crippen MR) is 137 cm³/mol. The molecular weight excluding hydrogens is 450 g/mol. The van der Waals surface area contributed by atoms with E-state index in [9.17, 15) is 14.4 Å². The van der Waals surface area contributed by atoms with Crippen LogP contribution in [0.3, 0.4) is 0 Å². The number of para-hydroxylation sites is 2. The van der Waals surface area contributed by atoms with E-state index >= 15 is 0 Å². The molecule has 2 saturated heterocycles.